The van der Waals surface area contributed by atoms with Gasteiger partial charge < -0.3 is 25.6 Å². The third-order valence-electron chi connectivity index (χ3n) is 4.36. The van der Waals surface area contributed by atoms with Crippen LogP contribution in [0.3, 0.4) is 0 Å². The van der Waals surface area contributed by atoms with Gasteiger partial charge in [0.15, 0.2) is 5.69 Å². The van der Waals surface area contributed by atoms with Crippen molar-refractivity contribution in [1.82, 2.24) is 20.2 Å². The average Bonchev–Trinajstić information content (AvgIpc) is 2.77. The summed E-state index contributed by atoms with van der Waals surface area (Å²) in [6.45, 7) is 1.55. The van der Waals surface area contributed by atoms with Gasteiger partial charge in [-0.3, -0.25) is 14.2 Å². The van der Waals surface area contributed by atoms with Gasteiger partial charge in [-0.05, 0) is 17.7 Å². The quantitative estimate of drug-likeness (QED) is 0.476. The molecule has 3 rings (SSSR count). The van der Waals surface area contributed by atoms with E-state index in [1.807, 2.05) is 0 Å². The summed E-state index contributed by atoms with van der Waals surface area (Å²) in [6, 6.07) is 5.26. The van der Waals surface area contributed by atoms with E-state index in [0.29, 0.717) is 31.1 Å². The Kier molecular flexibility index (Phi) is 8.48. The first kappa shape index (κ1) is 25.7. The van der Waals surface area contributed by atoms with Crippen molar-refractivity contribution in [2.45, 2.75) is 18.8 Å². The van der Waals surface area contributed by atoms with Gasteiger partial charge in [-0.2, -0.15) is 13.2 Å². The number of carbonyl (C=O) groups is 2. The molecule has 0 spiro atoms. The standard InChI is InChI=1S/C17H19FN4O4.C2HF3O2/c1-22-15(12-9-26-7-6-19-12)21-13(14(23)17(22)25)16(24)20-8-10-2-4-11(18)5-3-10;3-2(4,5)1(6)7/h2-5,12,19,23H,6-9H2,1H3,(H,20,24);(H,6,7). The van der Waals surface area contributed by atoms with E-state index in [2.05, 4.69) is 15.6 Å². The number of aromatic hydroxyl groups is 1. The maximum atomic E-state index is 12.9. The van der Waals surface area contributed by atoms with Gasteiger partial charge in [0.2, 0.25) is 5.75 Å². The number of hydrogen-bond donors (Lipinski definition) is 4. The predicted molar refractivity (Wildman–Crippen MR) is 104 cm³/mol. The van der Waals surface area contributed by atoms with Gasteiger partial charge in [0.1, 0.15) is 11.6 Å². The van der Waals surface area contributed by atoms with Crippen LogP contribution in [-0.2, 0) is 23.1 Å². The summed E-state index contributed by atoms with van der Waals surface area (Å²) in [4.78, 5) is 37.7. The van der Waals surface area contributed by atoms with E-state index in [9.17, 15) is 32.3 Å². The van der Waals surface area contributed by atoms with Crippen LogP contribution in [0.1, 0.15) is 27.9 Å². The fraction of sp³-hybridized carbons (Fsp3) is 0.368. The lowest BCUT2D eigenvalue weighted by Gasteiger charge is -2.25. The second-order valence-electron chi connectivity index (χ2n) is 6.73. The van der Waals surface area contributed by atoms with E-state index in [1.165, 1.54) is 35.9 Å². The molecule has 4 N–H and O–H groups in total. The number of aliphatic carboxylic acids is 1. The number of carbonyl (C=O) groups excluding carboxylic acids is 1. The molecular formula is C19H20F4N4O6. The lowest BCUT2D eigenvalue weighted by molar-refractivity contribution is -0.192. The van der Waals surface area contributed by atoms with Gasteiger partial charge in [-0.1, -0.05) is 12.1 Å². The molecule has 1 amide bonds. The van der Waals surface area contributed by atoms with Crippen molar-refractivity contribution >= 4 is 11.9 Å². The second-order valence-corrected chi connectivity index (χ2v) is 6.73. The number of carboxylic acid groups (broad SMARTS) is 1. The number of morpholine rings is 1. The van der Waals surface area contributed by atoms with E-state index in [1.54, 1.807) is 0 Å². The van der Waals surface area contributed by atoms with E-state index in [0.717, 1.165) is 0 Å². The first-order chi connectivity index (χ1) is 15.4. The highest BCUT2D eigenvalue weighted by Crippen LogP contribution is 2.17. The monoisotopic (exact) mass is 476 g/mol. The van der Waals surface area contributed by atoms with Crippen LogP contribution in [0.5, 0.6) is 5.75 Å². The number of rotatable bonds is 4. The highest BCUT2D eigenvalue weighted by molar-refractivity contribution is 5.94. The van der Waals surface area contributed by atoms with E-state index >= 15 is 0 Å². The summed E-state index contributed by atoms with van der Waals surface area (Å²) < 4.78 is 51.2. The lowest BCUT2D eigenvalue weighted by atomic mass is 10.2. The summed E-state index contributed by atoms with van der Waals surface area (Å²) in [5.41, 5.74) is -0.391. The molecule has 2 heterocycles. The Morgan fingerprint density at radius 3 is 2.42 bits per heavy atom. The van der Waals surface area contributed by atoms with Crippen LogP contribution in [0.2, 0.25) is 0 Å². The van der Waals surface area contributed by atoms with Crippen molar-refractivity contribution in [3.05, 3.63) is 57.5 Å². The molecule has 1 aromatic carbocycles. The number of nitrogens with zero attached hydrogens (tertiary/aromatic N) is 2. The SMILES string of the molecule is Cn1c(C2COCCN2)nc(C(=O)NCc2ccc(F)cc2)c(O)c1=O.O=C(O)C(F)(F)F. The van der Waals surface area contributed by atoms with Crippen molar-refractivity contribution in [3.8, 4) is 5.75 Å². The van der Waals surface area contributed by atoms with Crippen molar-refractivity contribution in [2.24, 2.45) is 7.05 Å². The molecule has 10 nitrogen and oxygen atoms in total. The number of alkyl halides is 3. The minimum atomic E-state index is -5.08. The van der Waals surface area contributed by atoms with Crippen LogP contribution in [0.4, 0.5) is 17.6 Å². The maximum absolute atomic E-state index is 12.9. The number of hydrogen-bond acceptors (Lipinski definition) is 7. The molecule has 180 valence electrons. The summed E-state index contributed by atoms with van der Waals surface area (Å²) >= 11 is 0. The van der Waals surface area contributed by atoms with Gasteiger partial charge in [-0.25, -0.2) is 14.2 Å². The average molecular weight is 476 g/mol. The molecule has 0 aliphatic carbocycles. The lowest BCUT2D eigenvalue weighted by Crippen LogP contribution is -2.39. The maximum Gasteiger partial charge on any atom is 0.490 e. The molecule has 1 saturated heterocycles. The zero-order valence-electron chi connectivity index (χ0n) is 17.1. The van der Waals surface area contributed by atoms with Crippen LogP contribution in [0.15, 0.2) is 29.1 Å². The molecule has 1 aliphatic rings. The molecule has 1 aliphatic heterocycles. The predicted octanol–water partition coefficient (Wildman–Crippen LogP) is 0.849. The largest absolute Gasteiger partial charge is 0.501 e. The van der Waals surface area contributed by atoms with Crippen LogP contribution >= 0.6 is 0 Å². The molecule has 1 fully saturated rings. The summed E-state index contributed by atoms with van der Waals surface area (Å²) in [5.74, 6) is -4.24. The molecule has 2 aromatic rings. The normalized spacial score (nSPS) is 15.8. The number of benzene rings is 1. The van der Waals surface area contributed by atoms with E-state index in [-0.39, 0.29) is 24.1 Å². The molecule has 1 atom stereocenters. The Morgan fingerprint density at radius 2 is 1.91 bits per heavy atom. The Bertz CT molecular complexity index is 1050. The Labute approximate surface area is 183 Å². The molecule has 1 unspecified atom stereocenters. The van der Waals surface area contributed by atoms with Gasteiger partial charge in [-0.15, -0.1) is 0 Å². The Hall–Kier alpha value is -3.52. The number of carboxylic acids is 1. The third kappa shape index (κ3) is 6.98. The molecule has 0 bridgehead atoms. The summed E-state index contributed by atoms with van der Waals surface area (Å²) in [7, 11) is 1.47. The van der Waals surface area contributed by atoms with Gasteiger partial charge in [0.05, 0.1) is 19.3 Å². The summed E-state index contributed by atoms with van der Waals surface area (Å²) in [5, 5.41) is 22.9. The minimum Gasteiger partial charge on any atom is -0.501 e. The Balaban J connectivity index is 0.000000479. The number of amides is 1. The fourth-order valence-corrected chi connectivity index (χ4v) is 2.68. The van der Waals surface area contributed by atoms with Crippen molar-refractivity contribution in [3.63, 3.8) is 0 Å². The fourth-order valence-electron chi connectivity index (χ4n) is 2.68. The van der Waals surface area contributed by atoms with Gasteiger partial charge >= 0.3 is 12.1 Å². The molecular weight excluding hydrogens is 456 g/mol. The number of halogens is 4. The number of nitrogens with one attached hydrogen (secondary N) is 2. The topological polar surface area (TPSA) is 143 Å². The third-order valence-corrected chi connectivity index (χ3v) is 4.36. The minimum absolute atomic E-state index is 0.107. The van der Waals surface area contributed by atoms with Crippen LogP contribution in [0.25, 0.3) is 0 Å². The van der Waals surface area contributed by atoms with Crippen molar-refractivity contribution in [2.75, 3.05) is 19.8 Å². The van der Waals surface area contributed by atoms with Crippen molar-refractivity contribution in [1.29, 1.82) is 0 Å². The highest BCUT2D eigenvalue weighted by atomic mass is 19.4. The highest BCUT2D eigenvalue weighted by Gasteiger charge is 2.38. The number of aromatic nitrogens is 2. The molecule has 0 saturated carbocycles. The van der Waals surface area contributed by atoms with E-state index in [4.69, 9.17) is 14.6 Å². The van der Waals surface area contributed by atoms with Crippen LogP contribution in [-0.4, -0.2) is 57.6 Å². The molecule has 14 heteroatoms. The zero-order valence-corrected chi connectivity index (χ0v) is 17.1. The van der Waals surface area contributed by atoms with Crippen LogP contribution in [0, 0.1) is 5.82 Å². The zero-order chi connectivity index (χ0) is 24.8. The van der Waals surface area contributed by atoms with Gasteiger partial charge in [0, 0.05) is 20.1 Å². The molecule has 0 radical (unpaired) electrons. The van der Waals surface area contributed by atoms with Crippen LogP contribution < -0.4 is 16.2 Å². The molecule has 33 heavy (non-hydrogen) atoms. The second kappa shape index (κ2) is 10.9. The molecule has 1 aromatic heterocycles. The first-order valence-electron chi connectivity index (χ1n) is 9.35. The van der Waals surface area contributed by atoms with E-state index < -0.39 is 29.4 Å². The number of ether oxygens (including phenoxy) is 1. The van der Waals surface area contributed by atoms with Crippen molar-refractivity contribution < 1.29 is 42.1 Å². The smallest absolute Gasteiger partial charge is 0.490 e. The van der Waals surface area contributed by atoms with Gasteiger partial charge in [0.25, 0.3) is 11.5 Å². The first-order valence-corrected chi connectivity index (χ1v) is 9.35. The Morgan fingerprint density at radius 1 is 1.30 bits per heavy atom. The summed E-state index contributed by atoms with van der Waals surface area (Å²) in [6.07, 6.45) is -5.08.